The molecule has 0 radical (unpaired) electrons. The first-order valence-corrected chi connectivity index (χ1v) is 6.32. The van der Waals surface area contributed by atoms with Gasteiger partial charge in [0.2, 0.25) is 0 Å². The van der Waals surface area contributed by atoms with Crippen molar-refractivity contribution < 1.29 is 14.7 Å². The Morgan fingerprint density at radius 1 is 1.29 bits per heavy atom. The minimum Gasteiger partial charge on any atom is -0.478 e. The van der Waals surface area contributed by atoms with Gasteiger partial charge in [-0.2, -0.15) is 5.10 Å². The number of carboxylic acid groups (broad SMARTS) is 1. The van der Waals surface area contributed by atoms with Gasteiger partial charge in [0.05, 0.1) is 36.3 Å². The SMILES string of the molecule is O=C(O)c1ccc(N2N=C(Cn3ccnc3)CC2=O)cc1. The molecule has 2 heterocycles. The predicted octanol–water partition coefficient (Wildman–Crippen LogP) is 1.37. The highest BCUT2D eigenvalue weighted by molar-refractivity contribution is 6.12. The standard InChI is InChI=1S/C14H12N4O3/c19-13-7-11(8-17-6-5-15-9-17)16-18(13)12-3-1-10(2-4-12)14(20)21/h1-6,9H,7-8H2,(H,20,21). The fourth-order valence-corrected chi connectivity index (χ4v) is 2.11. The van der Waals surface area contributed by atoms with E-state index >= 15 is 0 Å². The van der Waals surface area contributed by atoms with Crippen LogP contribution in [0.4, 0.5) is 5.69 Å². The fourth-order valence-electron chi connectivity index (χ4n) is 2.11. The maximum Gasteiger partial charge on any atom is 0.335 e. The summed E-state index contributed by atoms with van der Waals surface area (Å²) in [4.78, 5) is 26.8. The second kappa shape index (κ2) is 5.20. The van der Waals surface area contributed by atoms with Gasteiger partial charge in [-0.05, 0) is 24.3 Å². The lowest BCUT2D eigenvalue weighted by molar-refractivity contribution is -0.116. The molecule has 0 bridgehead atoms. The van der Waals surface area contributed by atoms with Crippen LogP contribution >= 0.6 is 0 Å². The van der Waals surface area contributed by atoms with E-state index in [9.17, 15) is 9.59 Å². The molecule has 0 saturated heterocycles. The zero-order valence-corrected chi connectivity index (χ0v) is 11.0. The van der Waals surface area contributed by atoms with Crippen LogP contribution in [0.25, 0.3) is 0 Å². The molecule has 0 atom stereocenters. The van der Waals surface area contributed by atoms with Crippen molar-refractivity contribution in [1.82, 2.24) is 9.55 Å². The van der Waals surface area contributed by atoms with Gasteiger partial charge in [-0.1, -0.05) is 0 Å². The average molecular weight is 284 g/mol. The Bertz CT molecular complexity index is 704. The maximum atomic E-state index is 12.0. The van der Waals surface area contributed by atoms with Crippen molar-refractivity contribution in [3.05, 3.63) is 48.5 Å². The van der Waals surface area contributed by atoms with Crippen molar-refractivity contribution in [3.63, 3.8) is 0 Å². The van der Waals surface area contributed by atoms with Crippen molar-refractivity contribution in [2.24, 2.45) is 5.10 Å². The zero-order chi connectivity index (χ0) is 14.8. The van der Waals surface area contributed by atoms with Crippen molar-refractivity contribution in [2.45, 2.75) is 13.0 Å². The number of benzene rings is 1. The van der Waals surface area contributed by atoms with Crippen LogP contribution in [0.1, 0.15) is 16.8 Å². The molecule has 0 aliphatic carbocycles. The van der Waals surface area contributed by atoms with Gasteiger partial charge >= 0.3 is 5.97 Å². The van der Waals surface area contributed by atoms with Gasteiger partial charge in [-0.15, -0.1) is 0 Å². The predicted molar refractivity (Wildman–Crippen MR) is 75.2 cm³/mol. The van der Waals surface area contributed by atoms with E-state index in [1.54, 1.807) is 30.9 Å². The summed E-state index contributed by atoms with van der Waals surface area (Å²) in [6, 6.07) is 6.05. The third kappa shape index (κ3) is 2.66. The van der Waals surface area contributed by atoms with Gasteiger partial charge in [0, 0.05) is 12.4 Å². The minimum absolute atomic E-state index is 0.131. The molecule has 0 saturated carbocycles. The minimum atomic E-state index is -1.00. The molecule has 21 heavy (non-hydrogen) atoms. The highest BCUT2D eigenvalue weighted by Gasteiger charge is 2.25. The van der Waals surface area contributed by atoms with Crippen LogP contribution in [0, 0.1) is 0 Å². The lowest BCUT2D eigenvalue weighted by Gasteiger charge is -2.11. The third-order valence-electron chi connectivity index (χ3n) is 3.12. The summed E-state index contributed by atoms with van der Waals surface area (Å²) in [6.45, 7) is 0.509. The second-order valence-corrected chi connectivity index (χ2v) is 4.64. The number of nitrogens with zero attached hydrogens (tertiary/aromatic N) is 4. The molecule has 2 aromatic rings. The molecular weight excluding hydrogens is 272 g/mol. The Morgan fingerprint density at radius 2 is 2.05 bits per heavy atom. The number of carbonyl (C=O) groups excluding carboxylic acids is 1. The van der Waals surface area contributed by atoms with Crippen LogP contribution < -0.4 is 5.01 Å². The van der Waals surface area contributed by atoms with E-state index in [1.807, 2.05) is 4.57 Å². The van der Waals surface area contributed by atoms with Gasteiger partial charge < -0.3 is 9.67 Å². The number of aromatic carboxylic acids is 1. The van der Waals surface area contributed by atoms with E-state index in [0.717, 1.165) is 5.71 Å². The molecule has 1 aliphatic heterocycles. The van der Waals surface area contributed by atoms with Crippen molar-refractivity contribution in [1.29, 1.82) is 0 Å². The highest BCUT2D eigenvalue weighted by Crippen LogP contribution is 2.21. The molecule has 3 rings (SSSR count). The van der Waals surface area contributed by atoms with Crippen LogP contribution in [0.2, 0.25) is 0 Å². The van der Waals surface area contributed by atoms with Crippen molar-refractivity contribution >= 4 is 23.3 Å². The van der Waals surface area contributed by atoms with Crippen LogP contribution in [-0.2, 0) is 11.3 Å². The zero-order valence-electron chi connectivity index (χ0n) is 11.0. The Kier molecular flexibility index (Phi) is 3.23. The summed E-state index contributed by atoms with van der Waals surface area (Å²) in [5.41, 5.74) is 1.47. The lowest BCUT2D eigenvalue weighted by atomic mass is 10.2. The number of anilines is 1. The van der Waals surface area contributed by atoms with E-state index in [1.165, 1.54) is 17.1 Å². The molecule has 7 nitrogen and oxygen atoms in total. The monoisotopic (exact) mass is 284 g/mol. The summed E-state index contributed by atoms with van der Waals surface area (Å²) in [7, 11) is 0. The molecule has 1 N–H and O–H groups in total. The van der Waals surface area contributed by atoms with Crippen molar-refractivity contribution in [3.8, 4) is 0 Å². The average Bonchev–Trinajstić information content (AvgIpc) is 3.09. The van der Waals surface area contributed by atoms with E-state index < -0.39 is 5.97 Å². The highest BCUT2D eigenvalue weighted by atomic mass is 16.4. The van der Waals surface area contributed by atoms with Gasteiger partial charge in [-0.25, -0.2) is 14.8 Å². The van der Waals surface area contributed by atoms with Gasteiger partial charge in [0.1, 0.15) is 0 Å². The number of amides is 1. The molecule has 0 spiro atoms. The Hall–Kier alpha value is -2.96. The molecule has 106 valence electrons. The smallest absolute Gasteiger partial charge is 0.335 e. The number of imidazole rings is 1. The molecular formula is C14H12N4O3. The van der Waals surface area contributed by atoms with E-state index in [2.05, 4.69) is 10.1 Å². The molecule has 7 heteroatoms. The summed E-state index contributed by atoms with van der Waals surface area (Å²) in [5.74, 6) is -1.13. The fraction of sp³-hybridized carbons (Fsp3) is 0.143. The second-order valence-electron chi connectivity index (χ2n) is 4.64. The number of carbonyl (C=O) groups is 2. The number of rotatable bonds is 4. The largest absolute Gasteiger partial charge is 0.478 e. The van der Waals surface area contributed by atoms with E-state index in [4.69, 9.17) is 5.11 Å². The number of carboxylic acids is 1. The van der Waals surface area contributed by atoms with Gasteiger partial charge in [-0.3, -0.25) is 4.79 Å². The number of aromatic nitrogens is 2. The van der Waals surface area contributed by atoms with E-state index in [-0.39, 0.29) is 17.9 Å². The Labute approximate surface area is 120 Å². The summed E-state index contributed by atoms with van der Waals surface area (Å²) >= 11 is 0. The van der Waals surface area contributed by atoms with Crippen LogP contribution in [0.15, 0.2) is 48.1 Å². The quantitative estimate of drug-likeness (QED) is 0.918. The molecule has 1 aromatic carbocycles. The van der Waals surface area contributed by atoms with Crippen LogP contribution in [-0.4, -0.2) is 32.2 Å². The molecule has 1 aromatic heterocycles. The Balaban J connectivity index is 1.79. The van der Waals surface area contributed by atoms with Crippen LogP contribution in [0.3, 0.4) is 0 Å². The number of hydrogen-bond donors (Lipinski definition) is 1. The molecule has 1 amide bonds. The van der Waals surface area contributed by atoms with E-state index in [0.29, 0.717) is 12.2 Å². The first-order valence-electron chi connectivity index (χ1n) is 6.32. The molecule has 0 unspecified atom stereocenters. The topological polar surface area (TPSA) is 87.8 Å². The van der Waals surface area contributed by atoms with Crippen LogP contribution in [0.5, 0.6) is 0 Å². The molecule has 0 fully saturated rings. The molecule has 1 aliphatic rings. The summed E-state index contributed by atoms with van der Waals surface area (Å²) < 4.78 is 1.84. The first kappa shape index (κ1) is 13.0. The third-order valence-corrected chi connectivity index (χ3v) is 3.12. The number of hydrogen-bond acceptors (Lipinski definition) is 4. The first-order chi connectivity index (χ1) is 10.1. The van der Waals surface area contributed by atoms with Crippen molar-refractivity contribution in [2.75, 3.05) is 5.01 Å². The lowest BCUT2D eigenvalue weighted by Crippen LogP contribution is -2.19. The summed E-state index contributed by atoms with van der Waals surface area (Å²) in [6.07, 6.45) is 5.38. The van der Waals surface area contributed by atoms with Gasteiger partial charge in [0.15, 0.2) is 0 Å². The number of hydrazone groups is 1. The normalized spacial score (nSPS) is 14.4. The summed E-state index contributed by atoms with van der Waals surface area (Å²) in [5, 5.41) is 14.5. The van der Waals surface area contributed by atoms with Gasteiger partial charge in [0.25, 0.3) is 5.91 Å². The maximum absolute atomic E-state index is 12.0. The Morgan fingerprint density at radius 3 is 2.67 bits per heavy atom.